The second kappa shape index (κ2) is 6.96. The zero-order valence-electron chi connectivity index (χ0n) is 16.5. The van der Waals surface area contributed by atoms with Gasteiger partial charge in [0.25, 0.3) is 0 Å². The van der Waals surface area contributed by atoms with Gasteiger partial charge >= 0.3 is 0 Å². The van der Waals surface area contributed by atoms with E-state index in [0.717, 1.165) is 38.8 Å². The lowest BCUT2D eigenvalue weighted by atomic mass is 10.2. The van der Waals surface area contributed by atoms with E-state index < -0.39 is 0 Å². The number of nitrogens with zero attached hydrogens (tertiary/aromatic N) is 4. The number of aromatic amines is 1. The number of ether oxygens (including phenoxy) is 1. The van der Waals surface area contributed by atoms with Crippen molar-refractivity contribution in [3.63, 3.8) is 0 Å². The first kappa shape index (κ1) is 17.8. The molecule has 0 saturated heterocycles. The minimum atomic E-state index is 0.572. The number of methoxy groups -OCH3 is 1. The number of aromatic nitrogens is 5. The van der Waals surface area contributed by atoms with Gasteiger partial charge in [0.05, 0.1) is 29.6 Å². The molecule has 0 aliphatic carbocycles. The van der Waals surface area contributed by atoms with Gasteiger partial charge in [-0.2, -0.15) is 5.10 Å². The predicted octanol–water partition coefficient (Wildman–Crippen LogP) is 3.67. The molecule has 2 aromatic carbocycles. The molecule has 30 heavy (non-hydrogen) atoms. The number of rotatable bonds is 5. The Morgan fingerprint density at radius 3 is 2.63 bits per heavy atom. The van der Waals surface area contributed by atoms with Crippen LogP contribution in [0.1, 0.15) is 0 Å². The van der Waals surface area contributed by atoms with Crippen LogP contribution in [0.5, 0.6) is 5.75 Å². The topological polar surface area (TPSA) is 119 Å². The van der Waals surface area contributed by atoms with Gasteiger partial charge in [-0.15, -0.1) is 10.2 Å². The third-order valence-corrected chi connectivity index (χ3v) is 5.08. The molecular weight excluding hydrogens is 380 g/mol. The number of hydrogen-bond donors (Lipinski definition) is 4. The van der Waals surface area contributed by atoms with Crippen LogP contribution in [0.15, 0.2) is 54.9 Å². The number of benzene rings is 2. The molecule has 9 nitrogen and oxygen atoms in total. The molecule has 0 bridgehead atoms. The normalized spacial score (nSPS) is 11.1. The zero-order valence-corrected chi connectivity index (χ0v) is 16.5. The van der Waals surface area contributed by atoms with Crippen molar-refractivity contribution in [2.45, 2.75) is 0 Å². The molecule has 5 rings (SSSR count). The molecule has 0 aliphatic rings. The SMILES string of the molecule is CNc1nnc(Nc2ccc3[nH]ncc3c2)c2cn(-c3ccc(OC)cc3)c(N)c12. The van der Waals surface area contributed by atoms with E-state index in [4.69, 9.17) is 10.5 Å². The molecule has 0 spiro atoms. The fourth-order valence-electron chi connectivity index (χ4n) is 3.53. The van der Waals surface area contributed by atoms with Crippen LogP contribution in [-0.4, -0.2) is 39.1 Å². The molecule has 0 fully saturated rings. The third-order valence-electron chi connectivity index (χ3n) is 5.08. The van der Waals surface area contributed by atoms with Crippen LogP contribution in [0.25, 0.3) is 27.4 Å². The molecule has 9 heteroatoms. The van der Waals surface area contributed by atoms with Crippen molar-refractivity contribution in [3.05, 3.63) is 54.9 Å². The van der Waals surface area contributed by atoms with Crippen LogP contribution in [0.4, 0.5) is 23.1 Å². The molecule has 0 atom stereocenters. The molecular formula is C21H20N8O. The largest absolute Gasteiger partial charge is 0.497 e. The Morgan fingerprint density at radius 1 is 1.07 bits per heavy atom. The molecule has 0 saturated carbocycles. The molecule has 3 aromatic heterocycles. The highest BCUT2D eigenvalue weighted by atomic mass is 16.5. The van der Waals surface area contributed by atoms with Crippen molar-refractivity contribution in [2.75, 3.05) is 30.5 Å². The van der Waals surface area contributed by atoms with E-state index in [9.17, 15) is 0 Å². The van der Waals surface area contributed by atoms with Gasteiger partial charge in [0.1, 0.15) is 11.6 Å². The smallest absolute Gasteiger partial charge is 0.162 e. The number of nitrogens with two attached hydrogens (primary N) is 1. The highest BCUT2D eigenvalue weighted by molar-refractivity contribution is 6.06. The minimum Gasteiger partial charge on any atom is -0.497 e. The van der Waals surface area contributed by atoms with Gasteiger partial charge in [-0.3, -0.25) is 5.10 Å². The maximum Gasteiger partial charge on any atom is 0.162 e. The number of nitrogens with one attached hydrogen (secondary N) is 3. The Hall–Kier alpha value is -4.27. The summed E-state index contributed by atoms with van der Waals surface area (Å²) in [6.07, 6.45) is 3.74. The van der Waals surface area contributed by atoms with Gasteiger partial charge in [-0.05, 0) is 42.5 Å². The summed E-state index contributed by atoms with van der Waals surface area (Å²) in [4.78, 5) is 0. The molecule has 5 aromatic rings. The number of hydrogen-bond acceptors (Lipinski definition) is 7. The maximum atomic E-state index is 6.52. The van der Waals surface area contributed by atoms with Gasteiger partial charge in [0.15, 0.2) is 11.6 Å². The molecule has 3 heterocycles. The van der Waals surface area contributed by atoms with Crippen LogP contribution in [0, 0.1) is 0 Å². The number of nitrogen functional groups attached to an aromatic ring is 1. The third kappa shape index (κ3) is 2.84. The van der Waals surface area contributed by atoms with E-state index in [2.05, 4.69) is 31.0 Å². The molecule has 5 N–H and O–H groups in total. The van der Waals surface area contributed by atoms with Gasteiger partial charge < -0.3 is 25.7 Å². The summed E-state index contributed by atoms with van der Waals surface area (Å²) >= 11 is 0. The average molecular weight is 400 g/mol. The van der Waals surface area contributed by atoms with Crippen LogP contribution >= 0.6 is 0 Å². The Balaban J connectivity index is 1.63. The zero-order chi connectivity index (χ0) is 20.7. The first-order chi connectivity index (χ1) is 14.7. The second-order valence-electron chi connectivity index (χ2n) is 6.82. The van der Waals surface area contributed by atoms with Crippen LogP contribution < -0.4 is 21.1 Å². The number of anilines is 4. The average Bonchev–Trinajstić information content (AvgIpc) is 3.39. The lowest BCUT2D eigenvalue weighted by Crippen LogP contribution is -2.02. The minimum absolute atomic E-state index is 0.572. The van der Waals surface area contributed by atoms with E-state index in [0.29, 0.717) is 17.5 Å². The van der Waals surface area contributed by atoms with Gasteiger partial charge in [0, 0.05) is 30.0 Å². The Morgan fingerprint density at radius 2 is 1.87 bits per heavy atom. The van der Waals surface area contributed by atoms with Crippen LogP contribution in [0.2, 0.25) is 0 Å². The maximum absolute atomic E-state index is 6.52. The molecule has 0 amide bonds. The van der Waals surface area contributed by atoms with E-state index in [1.165, 1.54) is 0 Å². The summed E-state index contributed by atoms with van der Waals surface area (Å²) in [5, 5.41) is 24.8. The van der Waals surface area contributed by atoms with Gasteiger partial charge in [0.2, 0.25) is 0 Å². The molecule has 150 valence electrons. The first-order valence-corrected chi connectivity index (χ1v) is 9.37. The van der Waals surface area contributed by atoms with E-state index >= 15 is 0 Å². The predicted molar refractivity (Wildman–Crippen MR) is 119 cm³/mol. The molecule has 0 radical (unpaired) electrons. The number of fused-ring (bicyclic) bond motifs is 2. The summed E-state index contributed by atoms with van der Waals surface area (Å²) in [5.41, 5.74) is 9.29. The standard InChI is InChI=1S/C21H20N8O/c1-23-21-18-16(11-29(19(18)22)14-4-6-15(30-2)7-5-14)20(27-28-21)25-13-3-8-17-12(9-13)10-24-26-17/h3-11H,22H2,1-2H3,(H,23,28)(H,24,26)(H,25,27). The molecule has 0 unspecified atom stereocenters. The summed E-state index contributed by atoms with van der Waals surface area (Å²) in [6.45, 7) is 0. The lowest BCUT2D eigenvalue weighted by Gasteiger charge is -2.09. The highest BCUT2D eigenvalue weighted by Gasteiger charge is 2.17. The summed E-state index contributed by atoms with van der Waals surface area (Å²) in [6, 6.07) is 13.6. The Bertz CT molecular complexity index is 1350. The van der Waals surface area contributed by atoms with Crippen molar-refractivity contribution in [1.29, 1.82) is 0 Å². The quantitative estimate of drug-likeness (QED) is 0.355. The highest BCUT2D eigenvalue weighted by Crippen LogP contribution is 2.36. The van der Waals surface area contributed by atoms with E-state index in [1.807, 2.05) is 53.2 Å². The Labute approximate surface area is 171 Å². The van der Waals surface area contributed by atoms with E-state index in [-0.39, 0.29) is 0 Å². The van der Waals surface area contributed by atoms with Crippen molar-refractivity contribution in [2.24, 2.45) is 0 Å². The summed E-state index contributed by atoms with van der Waals surface area (Å²) < 4.78 is 7.17. The Kier molecular flexibility index (Phi) is 4.13. The van der Waals surface area contributed by atoms with E-state index in [1.54, 1.807) is 20.4 Å². The van der Waals surface area contributed by atoms with Crippen molar-refractivity contribution >= 4 is 44.8 Å². The lowest BCUT2D eigenvalue weighted by molar-refractivity contribution is 0.415. The first-order valence-electron chi connectivity index (χ1n) is 9.37. The van der Waals surface area contributed by atoms with Gasteiger partial charge in [-0.1, -0.05) is 0 Å². The fraction of sp³-hybridized carbons (Fsp3) is 0.0952. The monoisotopic (exact) mass is 400 g/mol. The number of H-pyrrole nitrogens is 1. The fourth-order valence-corrected chi connectivity index (χ4v) is 3.53. The van der Waals surface area contributed by atoms with Crippen LogP contribution in [-0.2, 0) is 0 Å². The van der Waals surface area contributed by atoms with Gasteiger partial charge in [-0.25, -0.2) is 0 Å². The summed E-state index contributed by atoms with van der Waals surface area (Å²) in [5.74, 6) is 2.59. The van der Waals surface area contributed by atoms with Crippen molar-refractivity contribution in [3.8, 4) is 11.4 Å². The van der Waals surface area contributed by atoms with Crippen molar-refractivity contribution in [1.82, 2.24) is 25.0 Å². The van der Waals surface area contributed by atoms with Crippen LogP contribution in [0.3, 0.4) is 0 Å². The summed E-state index contributed by atoms with van der Waals surface area (Å²) in [7, 11) is 3.44. The second-order valence-corrected chi connectivity index (χ2v) is 6.82. The molecule has 0 aliphatic heterocycles. The van der Waals surface area contributed by atoms with Crippen molar-refractivity contribution < 1.29 is 4.74 Å².